The van der Waals surface area contributed by atoms with Crippen molar-refractivity contribution in [2.24, 2.45) is 0 Å². The molecule has 0 bridgehead atoms. The molecule has 7 nitrogen and oxygen atoms in total. The third kappa shape index (κ3) is 6.01. The Morgan fingerprint density at radius 3 is 2.53 bits per heavy atom. The van der Waals surface area contributed by atoms with Crippen LogP contribution < -0.4 is 4.74 Å². The zero-order valence-corrected chi connectivity index (χ0v) is 20.0. The lowest BCUT2D eigenvalue weighted by Gasteiger charge is -2.30. The molecular formula is C28H28FNO6. The number of carboxylic acid groups (broad SMARTS) is 1. The summed E-state index contributed by atoms with van der Waals surface area (Å²) in [6.45, 7) is 1.31. The van der Waals surface area contributed by atoms with E-state index in [1.165, 1.54) is 6.07 Å². The predicted octanol–water partition coefficient (Wildman–Crippen LogP) is 4.84. The second-order valence-electron chi connectivity index (χ2n) is 8.51. The summed E-state index contributed by atoms with van der Waals surface area (Å²) in [5.41, 5.74) is 3.98. The molecule has 0 aliphatic carbocycles. The van der Waals surface area contributed by atoms with Crippen LogP contribution in [0.5, 0.6) is 5.75 Å². The van der Waals surface area contributed by atoms with E-state index in [0.717, 1.165) is 5.56 Å². The first-order valence-electron chi connectivity index (χ1n) is 11.7. The van der Waals surface area contributed by atoms with E-state index in [-0.39, 0.29) is 25.4 Å². The Kier molecular flexibility index (Phi) is 8.17. The van der Waals surface area contributed by atoms with Crippen molar-refractivity contribution in [1.82, 2.24) is 4.90 Å². The van der Waals surface area contributed by atoms with Crippen LogP contribution in [-0.4, -0.2) is 48.9 Å². The van der Waals surface area contributed by atoms with E-state index < -0.39 is 12.1 Å². The summed E-state index contributed by atoms with van der Waals surface area (Å²) in [5.74, 6) is -0.768. The van der Waals surface area contributed by atoms with Gasteiger partial charge < -0.3 is 24.2 Å². The van der Waals surface area contributed by atoms with Crippen LogP contribution in [0.3, 0.4) is 0 Å². The van der Waals surface area contributed by atoms with Gasteiger partial charge in [0.05, 0.1) is 13.0 Å². The molecule has 36 heavy (non-hydrogen) atoms. The summed E-state index contributed by atoms with van der Waals surface area (Å²) in [4.78, 5) is 25.7. The number of ether oxygens (including phenoxy) is 3. The summed E-state index contributed by atoms with van der Waals surface area (Å²) in [5, 5.41) is 9.27. The van der Waals surface area contributed by atoms with E-state index in [1.54, 1.807) is 36.3 Å². The van der Waals surface area contributed by atoms with E-state index in [4.69, 9.17) is 14.2 Å². The number of benzene rings is 3. The molecule has 0 atom stereocenters. The van der Waals surface area contributed by atoms with Gasteiger partial charge in [-0.25, -0.2) is 9.18 Å². The first-order valence-corrected chi connectivity index (χ1v) is 11.7. The van der Waals surface area contributed by atoms with E-state index in [1.807, 2.05) is 30.3 Å². The van der Waals surface area contributed by atoms with Crippen LogP contribution in [0.4, 0.5) is 9.18 Å². The van der Waals surface area contributed by atoms with Crippen molar-refractivity contribution in [1.29, 1.82) is 0 Å². The monoisotopic (exact) mass is 493 g/mol. The van der Waals surface area contributed by atoms with E-state index >= 15 is 0 Å². The van der Waals surface area contributed by atoms with Crippen molar-refractivity contribution in [3.63, 3.8) is 0 Å². The molecule has 3 aromatic carbocycles. The highest BCUT2D eigenvalue weighted by Gasteiger charge is 2.27. The highest BCUT2D eigenvalue weighted by atomic mass is 19.1. The molecule has 8 heteroatoms. The van der Waals surface area contributed by atoms with Gasteiger partial charge in [0, 0.05) is 25.8 Å². The van der Waals surface area contributed by atoms with Gasteiger partial charge in [-0.15, -0.1) is 0 Å². The minimum absolute atomic E-state index is 0.147. The Morgan fingerprint density at radius 1 is 0.972 bits per heavy atom. The van der Waals surface area contributed by atoms with Crippen molar-refractivity contribution >= 4 is 12.1 Å². The molecule has 188 valence electrons. The molecule has 3 aromatic rings. The fourth-order valence-corrected chi connectivity index (χ4v) is 4.28. The fraction of sp³-hybridized carbons (Fsp3) is 0.286. The standard InChI is InChI=1S/C28H28FNO6/c1-34-13-14-35-26-10-7-20(16-27(31)32)15-23(26)21-8-9-25(29)22-11-12-30(17-24(21)22)28(33)36-18-19-5-3-2-4-6-19/h2-10,15H,11-14,16-18H2,1H3,(H,31,32). The number of hydrogen-bond donors (Lipinski definition) is 1. The topological polar surface area (TPSA) is 85.3 Å². The number of amides is 1. The second kappa shape index (κ2) is 11.7. The number of carbonyl (C=O) groups excluding carboxylic acids is 1. The molecule has 0 fully saturated rings. The molecule has 1 N–H and O–H groups in total. The van der Waals surface area contributed by atoms with Gasteiger partial charge in [0.25, 0.3) is 0 Å². The number of halogens is 1. The third-order valence-corrected chi connectivity index (χ3v) is 6.05. The molecule has 0 saturated heterocycles. The predicted molar refractivity (Wildman–Crippen MR) is 131 cm³/mol. The van der Waals surface area contributed by atoms with Gasteiger partial charge >= 0.3 is 12.1 Å². The molecule has 0 saturated carbocycles. The Bertz CT molecular complexity index is 1230. The van der Waals surface area contributed by atoms with Gasteiger partial charge in [-0.3, -0.25) is 4.79 Å². The third-order valence-electron chi connectivity index (χ3n) is 6.05. The van der Waals surface area contributed by atoms with E-state index in [9.17, 15) is 19.1 Å². The lowest BCUT2D eigenvalue weighted by molar-refractivity contribution is -0.136. The van der Waals surface area contributed by atoms with Gasteiger partial charge in [-0.1, -0.05) is 42.5 Å². The van der Waals surface area contributed by atoms with Gasteiger partial charge in [0.1, 0.15) is 24.8 Å². The summed E-state index contributed by atoms with van der Waals surface area (Å²) < 4.78 is 31.3. The maximum Gasteiger partial charge on any atom is 0.410 e. The lowest BCUT2D eigenvalue weighted by atomic mass is 9.89. The maximum atomic E-state index is 14.8. The first-order chi connectivity index (χ1) is 17.5. The second-order valence-corrected chi connectivity index (χ2v) is 8.51. The fourth-order valence-electron chi connectivity index (χ4n) is 4.28. The molecule has 0 radical (unpaired) electrons. The van der Waals surface area contributed by atoms with Crippen molar-refractivity contribution in [2.75, 3.05) is 26.9 Å². The van der Waals surface area contributed by atoms with Crippen molar-refractivity contribution in [3.8, 4) is 16.9 Å². The average molecular weight is 494 g/mol. The summed E-state index contributed by atoms with van der Waals surface area (Å²) >= 11 is 0. The Labute approximate surface area is 209 Å². The highest BCUT2D eigenvalue weighted by Crippen LogP contribution is 2.38. The summed E-state index contributed by atoms with van der Waals surface area (Å²) in [6.07, 6.45) is -0.299. The zero-order valence-electron chi connectivity index (χ0n) is 20.0. The molecule has 0 spiro atoms. The number of rotatable bonds is 9. The van der Waals surface area contributed by atoms with Crippen molar-refractivity contribution in [2.45, 2.75) is 26.0 Å². The van der Waals surface area contributed by atoms with Crippen LogP contribution in [0.1, 0.15) is 22.3 Å². The summed E-state index contributed by atoms with van der Waals surface area (Å²) in [7, 11) is 1.57. The largest absolute Gasteiger partial charge is 0.491 e. The Balaban J connectivity index is 1.64. The SMILES string of the molecule is COCCOc1ccc(CC(=O)O)cc1-c1ccc(F)c2c1CN(C(=O)OCc1ccccc1)CC2. The molecule has 1 heterocycles. The number of nitrogens with zero attached hydrogens (tertiary/aromatic N) is 1. The normalized spacial score (nSPS) is 12.7. The zero-order chi connectivity index (χ0) is 25.5. The van der Waals surface area contributed by atoms with Crippen LogP contribution in [-0.2, 0) is 40.3 Å². The Morgan fingerprint density at radius 2 is 1.78 bits per heavy atom. The molecule has 1 aliphatic heterocycles. The van der Waals surface area contributed by atoms with Crippen LogP contribution in [0.25, 0.3) is 11.1 Å². The van der Waals surface area contributed by atoms with Crippen LogP contribution in [0, 0.1) is 5.82 Å². The molecule has 1 aliphatic rings. The lowest BCUT2D eigenvalue weighted by Crippen LogP contribution is -2.37. The van der Waals surface area contributed by atoms with Crippen molar-refractivity contribution in [3.05, 3.63) is 88.7 Å². The van der Waals surface area contributed by atoms with E-state index in [2.05, 4.69) is 0 Å². The minimum Gasteiger partial charge on any atom is -0.491 e. The molecule has 1 amide bonds. The van der Waals surface area contributed by atoms with Gasteiger partial charge in [-0.05, 0) is 52.4 Å². The average Bonchev–Trinajstić information content (AvgIpc) is 2.88. The maximum absolute atomic E-state index is 14.8. The molecule has 4 rings (SSSR count). The smallest absolute Gasteiger partial charge is 0.410 e. The van der Waals surface area contributed by atoms with Crippen LogP contribution >= 0.6 is 0 Å². The van der Waals surface area contributed by atoms with Gasteiger partial charge in [0.15, 0.2) is 0 Å². The van der Waals surface area contributed by atoms with E-state index in [0.29, 0.717) is 59.7 Å². The minimum atomic E-state index is -0.956. The highest BCUT2D eigenvalue weighted by molar-refractivity contribution is 5.78. The number of hydrogen-bond acceptors (Lipinski definition) is 5. The molecular weight excluding hydrogens is 465 g/mol. The summed E-state index contributed by atoms with van der Waals surface area (Å²) in [6, 6.07) is 17.6. The number of aliphatic carboxylic acids is 1. The van der Waals surface area contributed by atoms with Crippen molar-refractivity contribution < 1.29 is 33.3 Å². The van der Waals surface area contributed by atoms with Gasteiger partial charge in [0.2, 0.25) is 0 Å². The number of carbonyl (C=O) groups is 2. The number of fused-ring (bicyclic) bond motifs is 1. The molecule has 0 aromatic heterocycles. The number of methoxy groups -OCH3 is 1. The molecule has 0 unspecified atom stereocenters. The quantitative estimate of drug-likeness (QED) is 0.430. The van der Waals surface area contributed by atoms with Crippen LogP contribution in [0.2, 0.25) is 0 Å². The van der Waals surface area contributed by atoms with Crippen LogP contribution in [0.15, 0.2) is 60.7 Å². The Hall–Kier alpha value is -3.91. The first kappa shape index (κ1) is 25.2. The van der Waals surface area contributed by atoms with Gasteiger partial charge in [-0.2, -0.15) is 0 Å². The number of carboxylic acids is 1.